The highest BCUT2D eigenvalue weighted by Gasteiger charge is 2.19. The van der Waals surface area contributed by atoms with E-state index in [9.17, 15) is 4.79 Å². The number of rotatable bonds is 4. The molecule has 1 aliphatic heterocycles. The van der Waals surface area contributed by atoms with E-state index in [2.05, 4.69) is 17.2 Å². The molecule has 0 bridgehead atoms. The van der Waals surface area contributed by atoms with Gasteiger partial charge in [-0.2, -0.15) is 0 Å². The molecule has 3 heteroatoms. The van der Waals surface area contributed by atoms with Crippen molar-refractivity contribution in [3.63, 3.8) is 0 Å². The summed E-state index contributed by atoms with van der Waals surface area (Å²) in [6.45, 7) is 6.21. The minimum atomic E-state index is 0.179. The fourth-order valence-electron chi connectivity index (χ4n) is 1.52. The quantitative estimate of drug-likeness (QED) is 0.496. The van der Waals surface area contributed by atoms with E-state index < -0.39 is 0 Å². The number of carbonyl (C=O) groups is 1. The van der Waals surface area contributed by atoms with Gasteiger partial charge in [0.15, 0.2) is 0 Å². The Morgan fingerprint density at radius 3 is 3.15 bits per heavy atom. The van der Waals surface area contributed by atoms with Crippen molar-refractivity contribution in [3.8, 4) is 0 Å². The van der Waals surface area contributed by atoms with Crippen molar-refractivity contribution in [3.05, 3.63) is 12.7 Å². The van der Waals surface area contributed by atoms with E-state index in [4.69, 9.17) is 0 Å². The average molecular weight is 182 g/mol. The number of hydrogen-bond acceptors (Lipinski definition) is 2. The normalized spacial score (nSPS) is 22.3. The van der Waals surface area contributed by atoms with Crippen molar-refractivity contribution >= 4 is 5.91 Å². The van der Waals surface area contributed by atoms with Crippen molar-refractivity contribution in [2.45, 2.75) is 19.3 Å². The molecule has 0 spiro atoms. The molecule has 0 unspecified atom stereocenters. The van der Waals surface area contributed by atoms with E-state index in [0.29, 0.717) is 0 Å². The third-order valence-corrected chi connectivity index (χ3v) is 2.32. The number of carbonyl (C=O) groups excluding carboxylic acids is 1. The zero-order valence-corrected chi connectivity index (χ0v) is 8.01. The topological polar surface area (TPSA) is 41.1 Å². The molecule has 13 heavy (non-hydrogen) atoms. The van der Waals surface area contributed by atoms with Gasteiger partial charge in [-0.05, 0) is 25.8 Å². The third kappa shape index (κ3) is 3.59. The van der Waals surface area contributed by atoms with E-state index in [1.165, 1.54) is 0 Å². The second kappa shape index (κ2) is 5.75. The molecule has 1 heterocycles. The molecule has 1 atom stereocenters. The van der Waals surface area contributed by atoms with Gasteiger partial charge >= 0.3 is 0 Å². The van der Waals surface area contributed by atoms with E-state index in [1.54, 1.807) is 0 Å². The molecule has 0 radical (unpaired) electrons. The van der Waals surface area contributed by atoms with Crippen LogP contribution in [0.4, 0.5) is 0 Å². The minimum absolute atomic E-state index is 0.179. The lowest BCUT2D eigenvalue weighted by molar-refractivity contribution is -0.125. The smallest absolute Gasteiger partial charge is 0.224 e. The van der Waals surface area contributed by atoms with Gasteiger partial charge in [-0.15, -0.1) is 6.58 Å². The highest BCUT2D eigenvalue weighted by Crippen LogP contribution is 2.09. The molecule has 1 amide bonds. The van der Waals surface area contributed by atoms with Crippen molar-refractivity contribution in [1.82, 2.24) is 10.6 Å². The van der Waals surface area contributed by atoms with Gasteiger partial charge in [-0.25, -0.2) is 0 Å². The first kappa shape index (κ1) is 10.3. The van der Waals surface area contributed by atoms with Crippen LogP contribution in [-0.2, 0) is 4.79 Å². The summed E-state index contributed by atoms with van der Waals surface area (Å²) in [4.78, 5) is 11.5. The first-order valence-corrected chi connectivity index (χ1v) is 4.94. The molecule has 1 fully saturated rings. The fraction of sp³-hybridized carbons (Fsp3) is 0.700. The van der Waals surface area contributed by atoms with Gasteiger partial charge in [-0.3, -0.25) is 4.79 Å². The van der Waals surface area contributed by atoms with E-state index in [-0.39, 0.29) is 11.8 Å². The second-order valence-electron chi connectivity index (χ2n) is 3.41. The van der Waals surface area contributed by atoms with Gasteiger partial charge in [0.2, 0.25) is 5.91 Å². The molecular formula is C10H18N2O. The monoisotopic (exact) mass is 182 g/mol. The fourth-order valence-corrected chi connectivity index (χ4v) is 1.52. The highest BCUT2D eigenvalue weighted by atomic mass is 16.1. The van der Waals surface area contributed by atoms with Crippen LogP contribution >= 0.6 is 0 Å². The summed E-state index contributed by atoms with van der Waals surface area (Å²) in [6.07, 6.45) is 4.80. The summed E-state index contributed by atoms with van der Waals surface area (Å²) in [5, 5.41) is 6.13. The minimum Gasteiger partial charge on any atom is -0.356 e. The number of hydrogen-bond donors (Lipinski definition) is 2. The van der Waals surface area contributed by atoms with Gasteiger partial charge in [0.1, 0.15) is 0 Å². The Bertz CT molecular complexity index is 174. The molecule has 0 aromatic rings. The molecular weight excluding hydrogens is 164 g/mol. The number of piperidine rings is 1. The molecule has 2 N–H and O–H groups in total. The Morgan fingerprint density at radius 2 is 2.54 bits per heavy atom. The van der Waals surface area contributed by atoms with Crippen LogP contribution in [0.15, 0.2) is 12.7 Å². The van der Waals surface area contributed by atoms with Gasteiger partial charge in [0.05, 0.1) is 5.92 Å². The van der Waals surface area contributed by atoms with E-state index in [1.807, 2.05) is 6.08 Å². The molecule has 0 saturated carbocycles. The summed E-state index contributed by atoms with van der Waals surface area (Å²) in [5.41, 5.74) is 0. The Hall–Kier alpha value is -0.830. The van der Waals surface area contributed by atoms with Crippen molar-refractivity contribution in [2.24, 2.45) is 5.92 Å². The van der Waals surface area contributed by atoms with E-state index in [0.717, 1.165) is 38.9 Å². The molecule has 0 aliphatic carbocycles. The third-order valence-electron chi connectivity index (χ3n) is 2.32. The predicted molar refractivity (Wildman–Crippen MR) is 53.4 cm³/mol. The summed E-state index contributed by atoms with van der Waals surface area (Å²) in [6, 6.07) is 0. The number of nitrogens with one attached hydrogen (secondary N) is 2. The average Bonchev–Trinajstić information content (AvgIpc) is 2.19. The lowest BCUT2D eigenvalue weighted by Gasteiger charge is -2.21. The van der Waals surface area contributed by atoms with Crippen LogP contribution in [0.3, 0.4) is 0 Å². The lowest BCUT2D eigenvalue weighted by atomic mass is 9.99. The van der Waals surface area contributed by atoms with Crippen LogP contribution in [0.25, 0.3) is 0 Å². The van der Waals surface area contributed by atoms with Gasteiger partial charge in [-0.1, -0.05) is 6.08 Å². The van der Waals surface area contributed by atoms with Crippen LogP contribution in [0.5, 0.6) is 0 Å². The summed E-state index contributed by atoms with van der Waals surface area (Å²) in [7, 11) is 0. The Balaban J connectivity index is 2.17. The van der Waals surface area contributed by atoms with Crippen molar-refractivity contribution < 1.29 is 4.79 Å². The van der Waals surface area contributed by atoms with Gasteiger partial charge < -0.3 is 10.6 Å². The predicted octanol–water partition coefficient (Wildman–Crippen LogP) is 0.678. The SMILES string of the molecule is C=CCCNC(=O)[C@H]1CCCNC1. The first-order valence-electron chi connectivity index (χ1n) is 4.94. The molecule has 0 aromatic carbocycles. The standard InChI is InChI=1S/C10H18N2O/c1-2-3-7-12-10(13)9-5-4-6-11-8-9/h2,9,11H,1,3-8H2,(H,12,13)/t9-/m0/s1. The molecule has 74 valence electrons. The van der Waals surface area contributed by atoms with Crippen LogP contribution in [0, 0.1) is 5.92 Å². The maximum absolute atomic E-state index is 11.5. The van der Waals surface area contributed by atoms with Gasteiger partial charge in [0, 0.05) is 13.1 Å². The Kier molecular flexibility index (Phi) is 4.54. The molecule has 0 aromatic heterocycles. The highest BCUT2D eigenvalue weighted by molar-refractivity contribution is 5.78. The maximum Gasteiger partial charge on any atom is 0.224 e. The molecule has 3 nitrogen and oxygen atoms in total. The Morgan fingerprint density at radius 1 is 1.69 bits per heavy atom. The summed E-state index contributed by atoms with van der Waals surface area (Å²) >= 11 is 0. The van der Waals surface area contributed by atoms with Crippen LogP contribution < -0.4 is 10.6 Å². The summed E-state index contributed by atoms with van der Waals surface area (Å²) < 4.78 is 0. The van der Waals surface area contributed by atoms with Crippen LogP contribution in [0.1, 0.15) is 19.3 Å². The van der Waals surface area contributed by atoms with Crippen molar-refractivity contribution in [2.75, 3.05) is 19.6 Å². The molecule has 1 rings (SSSR count). The molecule has 1 saturated heterocycles. The maximum atomic E-state index is 11.5. The first-order chi connectivity index (χ1) is 6.34. The van der Waals surface area contributed by atoms with E-state index >= 15 is 0 Å². The Labute approximate surface area is 79.6 Å². The summed E-state index contributed by atoms with van der Waals surface area (Å²) in [5.74, 6) is 0.368. The van der Waals surface area contributed by atoms with Gasteiger partial charge in [0.25, 0.3) is 0 Å². The van der Waals surface area contributed by atoms with Crippen LogP contribution in [0.2, 0.25) is 0 Å². The second-order valence-corrected chi connectivity index (χ2v) is 3.41. The largest absolute Gasteiger partial charge is 0.356 e. The zero-order chi connectivity index (χ0) is 9.52. The molecule has 1 aliphatic rings. The lowest BCUT2D eigenvalue weighted by Crippen LogP contribution is -2.40. The van der Waals surface area contributed by atoms with Crippen molar-refractivity contribution in [1.29, 1.82) is 0 Å². The zero-order valence-electron chi connectivity index (χ0n) is 8.01. The number of amides is 1. The van der Waals surface area contributed by atoms with Crippen LogP contribution in [-0.4, -0.2) is 25.5 Å².